The van der Waals surface area contributed by atoms with Gasteiger partial charge in [-0.25, -0.2) is 0 Å². The second kappa shape index (κ2) is 3.50. The molecule has 0 rings (SSSR count). The van der Waals surface area contributed by atoms with Crippen LogP contribution in [-0.2, 0) is 17.4 Å². The quantitative estimate of drug-likeness (QED) is 0.639. The molecule has 11 heavy (non-hydrogen) atoms. The molecule has 0 radical (unpaired) electrons. The van der Waals surface area contributed by atoms with Crippen molar-refractivity contribution in [2.24, 2.45) is 11.3 Å². The summed E-state index contributed by atoms with van der Waals surface area (Å²) in [6, 6.07) is 0. The third kappa shape index (κ3) is 3.16. The van der Waals surface area contributed by atoms with Crippen molar-refractivity contribution in [2.75, 3.05) is 0 Å². The van der Waals surface area contributed by atoms with E-state index < -0.39 is 12.0 Å². The fraction of sp³-hybridized carbons (Fsp3) is 0.875. The van der Waals surface area contributed by atoms with E-state index in [4.69, 9.17) is 0 Å². The molecule has 0 aliphatic carbocycles. The van der Waals surface area contributed by atoms with Crippen molar-refractivity contribution in [1.29, 1.82) is 0 Å². The second-order valence-corrected chi connectivity index (χ2v) is 4.31. The van der Waals surface area contributed by atoms with Crippen LogP contribution >= 0.6 is 0 Å². The molecule has 0 heterocycles. The first-order valence-corrected chi connectivity index (χ1v) is 4.06. The Balaban J connectivity index is 4.49. The molecule has 0 amide bonds. The van der Waals surface area contributed by atoms with Crippen molar-refractivity contribution in [3.63, 3.8) is 0 Å². The van der Waals surface area contributed by atoms with Gasteiger partial charge in [-0.15, -0.1) is 0 Å². The monoisotopic (exact) mass is 175 g/mol. The van der Waals surface area contributed by atoms with Crippen molar-refractivity contribution < 1.29 is 9.90 Å². The van der Waals surface area contributed by atoms with Gasteiger partial charge in [0, 0.05) is 11.0 Å². The van der Waals surface area contributed by atoms with Crippen molar-refractivity contribution in [3.05, 3.63) is 0 Å². The van der Waals surface area contributed by atoms with Crippen LogP contribution in [0.5, 0.6) is 0 Å². The lowest BCUT2D eigenvalue weighted by molar-refractivity contribution is -0.121. The van der Waals surface area contributed by atoms with E-state index in [1.807, 2.05) is 20.8 Å². The van der Waals surface area contributed by atoms with E-state index in [0.717, 1.165) is 0 Å². The summed E-state index contributed by atoms with van der Waals surface area (Å²) in [6.45, 7) is 7.29. The van der Waals surface area contributed by atoms with E-state index in [2.05, 4.69) is 12.6 Å². The van der Waals surface area contributed by atoms with Crippen molar-refractivity contribution in [2.45, 2.75) is 33.8 Å². The lowest BCUT2D eigenvalue weighted by Gasteiger charge is -2.34. The molecule has 0 aromatic rings. The number of hydrogen-bond acceptors (Lipinski definition) is 3. The fourth-order valence-electron chi connectivity index (χ4n) is 1.27. The molecule has 0 saturated carbocycles. The minimum atomic E-state index is -0.653. The van der Waals surface area contributed by atoms with Gasteiger partial charge in [0.1, 0.15) is 0 Å². The molecular weight excluding hydrogens is 160 g/mol. The van der Waals surface area contributed by atoms with E-state index in [1.165, 1.54) is 0 Å². The highest BCUT2D eigenvalue weighted by molar-refractivity contribution is 7.77. The molecule has 0 aromatic heterocycles. The smallest absolute Gasteiger partial charge is 0.0595 e. The van der Waals surface area contributed by atoms with Crippen LogP contribution < -0.4 is 0 Å². The van der Waals surface area contributed by atoms with E-state index in [9.17, 15) is 9.90 Å². The Morgan fingerprint density at radius 2 is 1.82 bits per heavy atom. The first-order chi connectivity index (χ1) is 4.76. The average Bonchev–Trinajstić information content (AvgIpc) is 1.54. The standard InChI is InChI=1S/C8H16O2S/c1-5(9)6(7(10)11)8(2,3)4/h5-6,9H,1-4H3,(H,10,11)/p-1. The summed E-state index contributed by atoms with van der Waals surface area (Å²) < 4.78 is 0. The second-order valence-electron chi connectivity index (χ2n) is 3.90. The maximum Gasteiger partial charge on any atom is 0.0595 e. The van der Waals surface area contributed by atoms with Gasteiger partial charge in [0.05, 0.1) is 6.10 Å². The molecule has 66 valence electrons. The predicted octanol–water partition coefficient (Wildman–Crippen LogP) is 1.10. The molecular formula is C8H15O2S-. The van der Waals surface area contributed by atoms with Gasteiger partial charge in [-0.1, -0.05) is 20.8 Å². The van der Waals surface area contributed by atoms with Gasteiger partial charge in [-0.3, -0.25) is 0 Å². The molecule has 0 aliphatic heterocycles. The fourth-order valence-corrected chi connectivity index (χ4v) is 1.82. The van der Waals surface area contributed by atoms with Gasteiger partial charge in [-0.05, 0) is 12.3 Å². The lowest BCUT2D eigenvalue weighted by Crippen LogP contribution is -2.35. The van der Waals surface area contributed by atoms with Gasteiger partial charge in [0.25, 0.3) is 0 Å². The molecule has 0 bridgehead atoms. The molecule has 3 heteroatoms. The summed E-state index contributed by atoms with van der Waals surface area (Å²) in [5, 5.41) is 8.88. The Morgan fingerprint density at radius 3 is 1.82 bits per heavy atom. The molecule has 0 fully saturated rings. The molecule has 2 unspecified atom stereocenters. The van der Waals surface area contributed by atoms with Crippen LogP contribution in [0.4, 0.5) is 0 Å². The Hall–Kier alpha value is -0.150. The highest BCUT2D eigenvalue weighted by Gasteiger charge is 2.29. The summed E-state index contributed by atoms with van der Waals surface area (Å²) in [5.74, 6) is -0.433. The Morgan fingerprint density at radius 1 is 1.45 bits per heavy atom. The van der Waals surface area contributed by atoms with Crippen molar-refractivity contribution >= 4 is 17.7 Å². The predicted molar refractivity (Wildman–Crippen MR) is 47.0 cm³/mol. The zero-order chi connectivity index (χ0) is 9.23. The molecule has 0 aromatic carbocycles. The van der Waals surface area contributed by atoms with Crippen LogP contribution in [0.2, 0.25) is 0 Å². The van der Waals surface area contributed by atoms with Crippen LogP contribution in [0, 0.1) is 11.3 Å². The molecule has 0 spiro atoms. The number of rotatable bonds is 2. The van der Waals surface area contributed by atoms with Crippen molar-refractivity contribution in [3.8, 4) is 0 Å². The van der Waals surface area contributed by atoms with Crippen LogP contribution in [0.15, 0.2) is 0 Å². The number of carbonyl (C=O) groups excluding carboxylic acids is 1. The van der Waals surface area contributed by atoms with Gasteiger partial charge in [-0.2, -0.15) is 0 Å². The van der Waals surface area contributed by atoms with Gasteiger partial charge in [0.2, 0.25) is 0 Å². The largest absolute Gasteiger partial charge is 0.742 e. The van der Waals surface area contributed by atoms with E-state index in [-0.39, 0.29) is 10.5 Å². The summed E-state index contributed by atoms with van der Waals surface area (Å²) in [6.07, 6.45) is -0.653. The zero-order valence-corrected chi connectivity index (χ0v) is 8.23. The maximum atomic E-state index is 10.9. The molecule has 0 aliphatic rings. The first-order valence-electron chi connectivity index (χ1n) is 3.65. The number of aliphatic hydroxyl groups excluding tert-OH is 1. The third-order valence-corrected chi connectivity index (χ3v) is 1.92. The lowest BCUT2D eigenvalue weighted by atomic mass is 9.78. The Labute approximate surface area is 73.4 Å². The average molecular weight is 175 g/mol. The molecule has 0 saturated heterocycles. The summed E-state index contributed by atoms with van der Waals surface area (Å²) in [7, 11) is 0. The summed E-state index contributed by atoms with van der Waals surface area (Å²) in [4.78, 5) is 10.9. The van der Waals surface area contributed by atoms with Gasteiger partial charge < -0.3 is 22.5 Å². The van der Waals surface area contributed by atoms with E-state index >= 15 is 0 Å². The van der Waals surface area contributed by atoms with Crippen molar-refractivity contribution in [1.82, 2.24) is 0 Å². The van der Waals surface area contributed by atoms with Crippen LogP contribution in [0.1, 0.15) is 27.7 Å². The highest BCUT2D eigenvalue weighted by atomic mass is 32.1. The molecule has 2 nitrogen and oxygen atoms in total. The maximum absolute atomic E-state index is 10.9. The SMILES string of the molecule is CC(O)C(C(=O)[S-])C(C)(C)C. The van der Waals surface area contributed by atoms with Crippen LogP contribution in [0.25, 0.3) is 0 Å². The number of aliphatic hydroxyl groups is 1. The topological polar surface area (TPSA) is 37.3 Å². The minimum absolute atomic E-state index is 0.243. The third-order valence-electron chi connectivity index (χ3n) is 1.67. The van der Waals surface area contributed by atoms with E-state index in [0.29, 0.717) is 0 Å². The Bertz CT molecular complexity index is 147. The number of hydrogen-bond donors (Lipinski definition) is 1. The number of carbonyl (C=O) groups is 1. The molecule has 2 atom stereocenters. The summed E-state index contributed by atoms with van der Waals surface area (Å²) >= 11 is 4.53. The molecule has 1 N–H and O–H groups in total. The normalized spacial score (nSPS) is 17.5. The summed E-state index contributed by atoms with van der Waals surface area (Å²) in [5.41, 5.74) is -0.243. The van der Waals surface area contributed by atoms with Crippen LogP contribution in [0.3, 0.4) is 0 Å². The van der Waals surface area contributed by atoms with E-state index in [1.54, 1.807) is 6.92 Å². The van der Waals surface area contributed by atoms with Crippen LogP contribution in [-0.4, -0.2) is 16.3 Å². The van der Waals surface area contributed by atoms with Gasteiger partial charge in [0.15, 0.2) is 0 Å². The highest BCUT2D eigenvalue weighted by Crippen LogP contribution is 2.28. The first kappa shape index (κ1) is 10.8. The minimum Gasteiger partial charge on any atom is -0.742 e. The van der Waals surface area contributed by atoms with Gasteiger partial charge >= 0.3 is 0 Å². The zero-order valence-electron chi connectivity index (χ0n) is 7.42. The Kier molecular flexibility index (Phi) is 3.45.